The lowest BCUT2D eigenvalue weighted by Gasteiger charge is -1.95. The maximum Gasteiger partial charge on any atom is 0.172 e. The van der Waals surface area contributed by atoms with Crippen LogP contribution in [0.2, 0.25) is 0 Å². The topological polar surface area (TPSA) is 80.5 Å². The van der Waals surface area contributed by atoms with Crippen molar-refractivity contribution in [1.29, 1.82) is 0 Å². The Morgan fingerprint density at radius 1 is 1.06 bits per heavy atom. The van der Waals surface area contributed by atoms with Crippen molar-refractivity contribution >= 4 is 28.6 Å². The van der Waals surface area contributed by atoms with Gasteiger partial charge in [-0.25, -0.2) is 4.98 Å². The second-order valence-corrected chi connectivity index (χ2v) is 4.47. The van der Waals surface area contributed by atoms with Crippen molar-refractivity contribution in [2.24, 2.45) is 0 Å². The molecule has 0 saturated carbocycles. The fourth-order valence-corrected chi connectivity index (χ4v) is 2.18. The normalized spacial score (nSPS) is 10.8. The molecule has 84 valence electrons. The summed E-state index contributed by atoms with van der Waals surface area (Å²) in [7, 11) is 0. The maximum absolute atomic E-state index is 5.48. The lowest BCUT2D eigenvalue weighted by atomic mass is 10.3. The molecule has 0 unspecified atom stereocenters. The van der Waals surface area contributed by atoms with E-state index in [0.717, 1.165) is 21.2 Å². The summed E-state index contributed by atoms with van der Waals surface area (Å²) in [5.41, 5.74) is 7.43. The third kappa shape index (κ3) is 2.07. The van der Waals surface area contributed by atoms with Gasteiger partial charge in [0.1, 0.15) is 10.8 Å². The number of H-pyrrole nitrogens is 1. The van der Waals surface area contributed by atoms with Gasteiger partial charge < -0.3 is 10.7 Å². The van der Waals surface area contributed by atoms with Crippen LogP contribution in [0.3, 0.4) is 0 Å². The first-order valence-corrected chi connectivity index (χ1v) is 5.85. The van der Waals surface area contributed by atoms with Crippen LogP contribution in [0.1, 0.15) is 0 Å². The monoisotopic (exact) mass is 243 g/mol. The van der Waals surface area contributed by atoms with Gasteiger partial charge in [-0.1, -0.05) is 12.1 Å². The Bertz CT molecular complexity index is 613. The number of fused-ring (bicyclic) bond motifs is 1. The molecule has 1 aromatic carbocycles. The van der Waals surface area contributed by atoms with Gasteiger partial charge in [-0.3, -0.25) is 0 Å². The number of rotatable bonds is 2. The van der Waals surface area contributed by atoms with Gasteiger partial charge in [-0.2, -0.15) is 0 Å². The van der Waals surface area contributed by atoms with E-state index in [4.69, 9.17) is 5.73 Å². The number of anilines is 1. The van der Waals surface area contributed by atoms with Crippen LogP contribution in [0.4, 0.5) is 5.82 Å². The number of nitrogens with one attached hydrogen (secondary N) is 1. The molecule has 0 radical (unpaired) electrons. The van der Waals surface area contributed by atoms with Crippen molar-refractivity contribution in [1.82, 2.24) is 20.2 Å². The minimum Gasteiger partial charge on any atom is -0.382 e. The largest absolute Gasteiger partial charge is 0.382 e. The van der Waals surface area contributed by atoms with E-state index >= 15 is 0 Å². The number of nitrogens with zero attached hydrogens (tertiary/aromatic N) is 3. The van der Waals surface area contributed by atoms with Crippen LogP contribution in [0.25, 0.3) is 11.0 Å². The summed E-state index contributed by atoms with van der Waals surface area (Å²) in [6, 6.07) is 11.4. The highest BCUT2D eigenvalue weighted by Crippen LogP contribution is 2.25. The molecule has 0 aliphatic rings. The maximum atomic E-state index is 5.48. The molecule has 0 spiro atoms. The van der Waals surface area contributed by atoms with Crippen LogP contribution in [-0.2, 0) is 0 Å². The molecule has 3 aromatic rings. The molecule has 0 saturated heterocycles. The first-order valence-electron chi connectivity index (χ1n) is 5.03. The first-order chi connectivity index (χ1) is 8.31. The number of hydrogen-bond acceptors (Lipinski definition) is 5. The molecule has 2 aromatic heterocycles. The molecule has 0 aliphatic carbocycles. The number of aromatic amines is 1. The minimum absolute atomic E-state index is 0.416. The molecule has 5 nitrogen and oxygen atoms in total. The number of para-hydroxylation sites is 2. The van der Waals surface area contributed by atoms with Crippen molar-refractivity contribution in [2.75, 3.05) is 5.73 Å². The van der Waals surface area contributed by atoms with Gasteiger partial charge in [0.15, 0.2) is 5.16 Å². The molecule has 6 heteroatoms. The van der Waals surface area contributed by atoms with E-state index in [1.807, 2.05) is 30.3 Å². The molecule has 0 bridgehead atoms. The molecular formula is C11H9N5S. The van der Waals surface area contributed by atoms with Crippen LogP contribution >= 0.6 is 11.8 Å². The van der Waals surface area contributed by atoms with Crippen LogP contribution < -0.4 is 5.73 Å². The average molecular weight is 243 g/mol. The highest BCUT2D eigenvalue weighted by atomic mass is 32.2. The van der Waals surface area contributed by atoms with Crippen LogP contribution in [0.5, 0.6) is 0 Å². The summed E-state index contributed by atoms with van der Waals surface area (Å²) >= 11 is 1.43. The Kier molecular flexibility index (Phi) is 2.41. The molecule has 0 atom stereocenters. The van der Waals surface area contributed by atoms with Crippen molar-refractivity contribution in [3.63, 3.8) is 0 Å². The molecule has 3 rings (SSSR count). The second-order valence-electron chi connectivity index (χ2n) is 3.46. The highest BCUT2D eigenvalue weighted by Gasteiger charge is 2.05. The van der Waals surface area contributed by atoms with E-state index in [9.17, 15) is 0 Å². The molecule has 2 heterocycles. The van der Waals surface area contributed by atoms with Crippen LogP contribution in [0, 0.1) is 0 Å². The van der Waals surface area contributed by atoms with E-state index in [1.54, 1.807) is 6.07 Å². The summed E-state index contributed by atoms with van der Waals surface area (Å²) in [4.78, 5) is 7.65. The number of nitrogens with two attached hydrogens (primary N) is 1. The van der Waals surface area contributed by atoms with E-state index in [1.165, 1.54) is 11.8 Å². The van der Waals surface area contributed by atoms with Gasteiger partial charge in [0.25, 0.3) is 0 Å². The molecule has 0 aliphatic heterocycles. The third-order valence-corrected chi connectivity index (χ3v) is 3.04. The quantitative estimate of drug-likeness (QED) is 0.720. The van der Waals surface area contributed by atoms with Gasteiger partial charge in [0.2, 0.25) is 0 Å². The van der Waals surface area contributed by atoms with Crippen LogP contribution in [-0.4, -0.2) is 20.2 Å². The van der Waals surface area contributed by atoms with Crippen LogP contribution in [0.15, 0.2) is 46.6 Å². The molecule has 17 heavy (non-hydrogen) atoms. The first kappa shape index (κ1) is 10.1. The summed E-state index contributed by atoms with van der Waals surface area (Å²) in [6.07, 6.45) is 0. The van der Waals surface area contributed by atoms with Gasteiger partial charge in [-0.05, 0) is 36.0 Å². The minimum atomic E-state index is 0.416. The standard InChI is InChI=1S/C11H9N5S/c12-9-5-6-10(16-15-9)17-11-13-7-3-1-2-4-8(7)14-11/h1-6H,(H2,12,15)(H,13,14). The van der Waals surface area contributed by atoms with E-state index in [2.05, 4.69) is 20.2 Å². The van der Waals surface area contributed by atoms with Crippen molar-refractivity contribution in [3.8, 4) is 0 Å². The number of nitrogen functional groups attached to an aromatic ring is 1. The smallest absolute Gasteiger partial charge is 0.172 e. The fraction of sp³-hybridized carbons (Fsp3) is 0. The van der Waals surface area contributed by atoms with Crippen molar-refractivity contribution < 1.29 is 0 Å². The lowest BCUT2D eigenvalue weighted by Crippen LogP contribution is -1.92. The second kappa shape index (κ2) is 4.06. The molecule has 0 amide bonds. The summed E-state index contributed by atoms with van der Waals surface area (Å²) < 4.78 is 0. The van der Waals surface area contributed by atoms with Gasteiger partial charge in [-0.15, -0.1) is 10.2 Å². The molecule has 3 N–H and O–H groups in total. The summed E-state index contributed by atoms with van der Waals surface area (Å²) in [6.45, 7) is 0. The SMILES string of the molecule is Nc1ccc(Sc2nc3ccccc3[nH]2)nn1. The van der Waals surface area contributed by atoms with E-state index < -0.39 is 0 Å². The Hall–Kier alpha value is -2.08. The Balaban J connectivity index is 1.92. The number of benzene rings is 1. The fourth-order valence-electron chi connectivity index (χ4n) is 1.46. The zero-order valence-electron chi connectivity index (χ0n) is 8.79. The Morgan fingerprint density at radius 2 is 1.94 bits per heavy atom. The summed E-state index contributed by atoms with van der Waals surface area (Å²) in [5.74, 6) is 0.416. The van der Waals surface area contributed by atoms with Gasteiger partial charge >= 0.3 is 0 Å². The molecular weight excluding hydrogens is 234 g/mol. The van der Waals surface area contributed by atoms with E-state index in [0.29, 0.717) is 5.82 Å². The third-order valence-electron chi connectivity index (χ3n) is 2.23. The van der Waals surface area contributed by atoms with Gasteiger partial charge in [0, 0.05) is 0 Å². The summed E-state index contributed by atoms with van der Waals surface area (Å²) in [5, 5.41) is 9.33. The average Bonchev–Trinajstić information content (AvgIpc) is 2.74. The Morgan fingerprint density at radius 3 is 2.71 bits per heavy atom. The number of hydrogen-bond donors (Lipinski definition) is 2. The van der Waals surface area contributed by atoms with E-state index in [-0.39, 0.29) is 0 Å². The van der Waals surface area contributed by atoms with Crippen molar-refractivity contribution in [2.45, 2.75) is 10.2 Å². The molecule has 0 fully saturated rings. The van der Waals surface area contributed by atoms with Crippen molar-refractivity contribution in [3.05, 3.63) is 36.4 Å². The number of aromatic nitrogens is 4. The zero-order chi connectivity index (χ0) is 11.7. The Labute approximate surface area is 101 Å². The zero-order valence-corrected chi connectivity index (χ0v) is 9.61. The highest BCUT2D eigenvalue weighted by molar-refractivity contribution is 7.99. The predicted octanol–water partition coefficient (Wildman–Crippen LogP) is 2.09. The lowest BCUT2D eigenvalue weighted by molar-refractivity contribution is 0.932. The van der Waals surface area contributed by atoms with Gasteiger partial charge in [0.05, 0.1) is 11.0 Å². The predicted molar refractivity (Wildman–Crippen MR) is 66.7 cm³/mol. The number of imidazole rings is 1.